The number of benzene rings is 2. The highest BCUT2D eigenvalue weighted by atomic mass is 19.1. The zero-order valence-corrected chi connectivity index (χ0v) is 17.6. The number of fused-ring (bicyclic) bond motifs is 1. The molecule has 1 amide bonds. The van der Waals surface area contributed by atoms with Gasteiger partial charge in [0.15, 0.2) is 0 Å². The topological polar surface area (TPSA) is 42.4 Å². The van der Waals surface area contributed by atoms with E-state index in [2.05, 4.69) is 4.98 Å². The maximum absolute atomic E-state index is 13.5. The molecule has 1 spiro atoms. The quantitative estimate of drug-likeness (QED) is 0.600. The van der Waals surface area contributed by atoms with Crippen LogP contribution in [0.25, 0.3) is 10.9 Å². The average Bonchev–Trinajstić information content (AvgIpc) is 2.79. The van der Waals surface area contributed by atoms with Crippen LogP contribution >= 0.6 is 0 Å². The molecule has 1 atom stereocenters. The average molecular weight is 419 g/mol. The summed E-state index contributed by atoms with van der Waals surface area (Å²) in [6.07, 6.45) is 4.53. The monoisotopic (exact) mass is 418 g/mol. The maximum Gasteiger partial charge on any atom is 0.272 e. The highest BCUT2D eigenvalue weighted by molar-refractivity contribution is 5.95. The van der Waals surface area contributed by atoms with Gasteiger partial charge in [-0.15, -0.1) is 0 Å². The number of hydrogen-bond donors (Lipinski definition) is 0. The van der Waals surface area contributed by atoms with E-state index in [4.69, 9.17) is 4.74 Å². The summed E-state index contributed by atoms with van der Waals surface area (Å²) in [6, 6.07) is 18.5. The van der Waals surface area contributed by atoms with Crippen molar-refractivity contribution in [2.45, 2.75) is 37.7 Å². The molecule has 4 nitrogen and oxygen atoms in total. The molecule has 3 heterocycles. The molecule has 2 aliphatic heterocycles. The van der Waals surface area contributed by atoms with Crippen molar-refractivity contribution in [3.63, 3.8) is 0 Å². The number of halogens is 1. The first kappa shape index (κ1) is 20.1. The Labute approximate surface area is 182 Å². The van der Waals surface area contributed by atoms with Gasteiger partial charge in [-0.3, -0.25) is 4.79 Å². The van der Waals surface area contributed by atoms with Crippen molar-refractivity contribution in [2.24, 2.45) is 5.92 Å². The number of carbonyl (C=O) groups excluding carboxylic acids is 1. The number of hydrogen-bond acceptors (Lipinski definition) is 3. The van der Waals surface area contributed by atoms with Crippen LogP contribution in [0.4, 0.5) is 4.39 Å². The van der Waals surface area contributed by atoms with E-state index in [1.54, 1.807) is 12.1 Å². The zero-order chi connectivity index (χ0) is 21.3. The Balaban J connectivity index is 1.23. The van der Waals surface area contributed by atoms with Crippen LogP contribution in [0.3, 0.4) is 0 Å². The van der Waals surface area contributed by atoms with E-state index in [0.717, 1.165) is 55.2 Å². The fraction of sp³-hybridized carbons (Fsp3) is 0.385. The van der Waals surface area contributed by atoms with Crippen molar-refractivity contribution < 1.29 is 13.9 Å². The predicted molar refractivity (Wildman–Crippen MR) is 118 cm³/mol. The minimum Gasteiger partial charge on any atom is -0.375 e. The van der Waals surface area contributed by atoms with Crippen LogP contribution in [0.1, 0.15) is 41.7 Å². The molecule has 31 heavy (non-hydrogen) atoms. The first-order valence-corrected chi connectivity index (χ1v) is 11.1. The molecule has 2 saturated heterocycles. The van der Waals surface area contributed by atoms with Gasteiger partial charge in [-0.2, -0.15) is 0 Å². The lowest BCUT2D eigenvalue weighted by Gasteiger charge is -2.46. The smallest absolute Gasteiger partial charge is 0.272 e. The van der Waals surface area contributed by atoms with Gasteiger partial charge >= 0.3 is 0 Å². The first-order chi connectivity index (χ1) is 15.1. The van der Waals surface area contributed by atoms with E-state index in [0.29, 0.717) is 24.7 Å². The molecule has 160 valence electrons. The Kier molecular flexibility index (Phi) is 5.45. The summed E-state index contributed by atoms with van der Waals surface area (Å²) in [5, 5.41) is 1.04. The molecule has 0 saturated carbocycles. The third kappa shape index (κ3) is 4.33. The summed E-state index contributed by atoms with van der Waals surface area (Å²) in [5.41, 5.74) is 2.24. The molecule has 1 unspecified atom stereocenters. The van der Waals surface area contributed by atoms with Crippen molar-refractivity contribution in [2.75, 3.05) is 19.7 Å². The number of amides is 1. The van der Waals surface area contributed by atoms with Crippen molar-refractivity contribution in [3.05, 3.63) is 77.7 Å². The second kappa shape index (κ2) is 8.39. The Morgan fingerprint density at radius 3 is 2.77 bits per heavy atom. The number of nitrogens with zero attached hydrogens (tertiary/aromatic N) is 2. The van der Waals surface area contributed by atoms with Gasteiger partial charge in [0.1, 0.15) is 11.5 Å². The van der Waals surface area contributed by atoms with Gasteiger partial charge in [0.25, 0.3) is 5.91 Å². The normalized spacial score (nSPS) is 20.8. The fourth-order valence-corrected chi connectivity index (χ4v) is 5.11. The summed E-state index contributed by atoms with van der Waals surface area (Å²) in [4.78, 5) is 19.5. The Morgan fingerprint density at radius 1 is 1.10 bits per heavy atom. The number of likely N-dealkylation sites (tertiary alicyclic amines) is 1. The van der Waals surface area contributed by atoms with E-state index in [-0.39, 0.29) is 17.3 Å². The lowest BCUT2D eigenvalue weighted by Crippen LogP contribution is -2.51. The van der Waals surface area contributed by atoms with Gasteiger partial charge in [-0.1, -0.05) is 36.4 Å². The number of carbonyl (C=O) groups is 1. The predicted octanol–water partition coefficient (Wildman–Crippen LogP) is 5.02. The number of piperidine rings is 1. The zero-order valence-electron chi connectivity index (χ0n) is 17.6. The SMILES string of the molecule is O=C(c1ccc2ccccc2n1)N1CCC2(CC1)CC(Cc1cccc(F)c1)CCO2. The molecule has 0 aliphatic carbocycles. The van der Waals surface area contributed by atoms with Gasteiger partial charge in [0, 0.05) is 25.1 Å². The number of aromatic nitrogens is 1. The van der Waals surface area contributed by atoms with Crippen LogP contribution in [0.15, 0.2) is 60.7 Å². The van der Waals surface area contributed by atoms with Crippen LogP contribution in [0.5, 0.6) is 0 Å². The van der Waals surface area contributed by atoms with Crippen LogP contribution in [-0.2, 0) is 11.2 Å². The molecule has 2 fully saturated rings. The molecule has 2 aromatic carbocycles. The first-order valence-electron chi connectivity index (χ1n) is 11.1. The van der Waals surface area contributed by atoms with Crippen LogP contribution in [0, 0.1) is 11.7 Å². The van der Waals surface area contributed by atoms with Crippen molar-refractivity contribution in [1.82, 2.24) is 9.88 Å². The standard InChI is InChI=1S/C26H27FN2O2/c27-22-6-3-4-19(17-22)16-20-10-15-31-26(18-20)11-13-29(14-12-26)25(30)24-9-8-21-5-1-2-7-23(21)28-24/h1-9,17,20H,10-16,18H2. The fourth-order valence-electron chi connectivity index (χ4n) is 5.11. The molecule has 3 aromatic rings. The van der Waals surface area contributed by atoms with Gasteiger partial charge in [0.2, 0.25) is 0 Å². The van der Waals surface area contributed by atoms with Crippen LogP contribution in [-0.4, -0.2) is 41.1 Å². The summed E-state index contributed by atoms with van der Waals surface area (Å²) < 4.78 is 19.8. The molecule has 0 N–H and O–H groups in total. The lowest BCUT2D eigenvalue weighted by atomic mass is 9.77. The summed E-state index contributed by atoms with van der Waals surface area (Å²) >= 11 is 0. The Bertz CT molecular complexity index is 1090. The molecule has 2 aliphatic rings. The summed E-state index contributed by atoms with van der Waals surface area (Å²) in [6.45, 7) is 2.10. The summed E-state index contributed by atoms with van der Waals surface area (Å²) in [5.74, 6) is 0.307. The van der Waals surface area contributed by atoms with Crippen molar-refractivity contribution in [1.29, 1.82) is 0 Å². The maximum atomic E-state index is 13.5. The molecule has 5 heteroatoms. The molecule has 0 bridgehead atoms. The van der Waals surface area contributed by atoms with E-state index in [1.165, 1.54) is 6.07 Å². The Morgan fingerprint density at radius 2 is 1.94 bits per heavy atom. The third-order valence-electron chi connectivity index (χ3n) is 6.79. The highest BCUT2D eigenvalue weighted by Crippen LogP contribution is 2.39. The lowest BCUT2D eigenvalue weighted by molar-refractivity contribution is -0.123. The van der Waals surface area contributed by atoms with Crippen LogP contribution < -0.4 is 0 Å². The van der Waals surface area contributed by atoms with Gasteiger partial charge < -0.3 is 9.64 Å². The van der Waals surface area contributed by atoms with E-state index in [9.17, 15) is 9.18 Å². The number of pyridine rings is 1. The van der Waals surface area contributed by atoms with Crippen molar-refractivity contribution >= 4 is 16.8 Å². The van der Waals surface area contributed by atoms with E-state index in [1.807, 2.05) is 47.4 Å². The molecular formula is C26H27FN2O2. The highest BCUT2D eigenvalue weighted by Gasteiger charge is 2.41. The van der Waals surface area contributed by atoms with E-state index < -0.39 is 0 Å². The van der Waals surface area contributed by atoms with E-state index >= 15 is 0 Å². The summed E-state index contributed by atoms with van der Waals surface area (Å²) in [7, 11) is 0. The minimum absolute atomic E-state index is 0.00674. The van der Waals surface area contributed by atoms with Gasteiger partial charge in [0.05, 0.1) is 11.1 Å². The molecule has 0 radical (unpaired) electrons. The third-order valence-corrected chi connectivity index (χ3v) is 6.79. The van der Waals surface area contributed by atoms with Crippen LogP contribution in [0.2, 0.25) is 0 Å². The van der Waals surface area contributed by atoms with Gasteiger partial charge in [-0.05, 0) is 67.9 Å². The number of para-hydroxylation sites is 1. The Hall–Kier alpha value is -2.79. The second-order valence-corrected chi connectivity index (χ2v) is 8.91. The largest absolute Gasteiger partial charge is 0.375 e. The molecule has 5 rings (SSSR count). The molecule has 1 aromatic heterocycles. The van der Waals surface area contributed by atoms with Crippen molar-refractivity contribution in [3.8, 4) is 0 Å². The minimum atomic E-state index is -0.173. The number of rotatable bonds is 3. The van der Waals surface area contributed by atoms with Gasteiger partial charge in [-0.25, -0.2) is 9.37 Å². The second-order valence-electron chi connectivity index (χ2n) is 8.91. The molecular weight excluding hydrogens is 391 g/mol. The number of ether oxygens (including phenoxy) is 1.